The lowest BCUT2D eigenvalue weighted by molar-refractivity contribution is 1.07. The Labute approximate surface area is 275 Å². The van der Waals surface area contributed by atoms with Crippen molar-refractivity contribution in [3.05, 3.63) is 158 Å². The molecular weight excluding hydrogens is 593 g/mol. The summed E-state index contributed by atoms with van der Waals surface area (Å²) in [5, 5.41) is 5.85. The molecule has 0 unspecified atom stereocenters. The van der Waals surface area contributed by atoms with Gasteiger partial charge in [-0.25, -0.2) is 19.9 Å². The molecule has 9 aromatic rings. The normalized spacial score (nSPS) is 11.4. The summed E-state index contributed by atoms with van der Waals surface area (Å²) in [5.41, 5.74) is 7.07. The van der Waals surface area contributed by atoms with Crippen molar-refractivity contribution in [2.75, 3.05) is 0 Å². The first-order valence-corrected chi connectivity index (χ1v) is 16.4. The Balaban J connectivity index is 1.35. The van der Waals surface area contributed by atoms with Crippen LogP contribution < -0.4 is 0 Å². The van der Waals surface area contributed by atoms with Gasteiger partial charge in [0.2, 0.25) is 0 Å². The topological polar surface area (TPSA) is 51.6 Å². The smallest absolute Gasteiger partial charge is 0.164 e. The molecule has 0 saturated heterocycles. The summed E-state index contributed by atoms with van der Waals surface area (Å²) in [6, 6.07) is 54.6. The summed E-state index contributed by atoms with van der Waals surface area (Å²) in [7, 11) is 0. The SMILES string of the molecule is c1ccc(-c2nc(-c3ccccc3)nc(-c3cc(-c4cc5ccccc5c5ccccc45)c4sc(-c5ccccc5)nc4c3)n2)cc1. The van der Waals surface area contributed by atoms with Crippen LogP contribution in [0, 0.1) is 0 Å². The number of rotatable bonds is 5. The summed E-state index contributed by atoms with van der Waals surface area (Å²) in [6.07, 6.45) is 0. The Morgan fingerprint density at radius 2 is 0.872 bits per heavy atom. The number of hydrogen-bond acceptors (Lipinski definition) is 5. The van der Waals surface area contributed by atoms with Gasteiger partial charge in [-0.05, 0) is 45.3 Å². The average Bonchev–Trinajstić information content (AvgIpc) is 3.60. The van der Waals surface area contributed by atoms with Gasteiger partial charge < -0.3 is 0 Å². The van der Waals surface area contributed by atoms with E-state index in [1.54, 1.807) is 11.3 Å². The van der Waals surface area contributed by atoms with Gasteiger partial charge >= 0.3 is 0 Å². The lowest BCUT2D eigenvalue weighted by Gasteiger charge is -2.13. The largest absolute Gasteiger partial charge is 0.236 e. The first-order chi connectivity index (χ1) is 23.3. The molecule has 0 N–H and O–H groups in total. The van der Waals surface area contributed by atoms with Crippen molar-refractivity contribution in [2.24, 2.45) is 0 Å². The second-order valence-electron chi connectivity index (χ2n) is 11.5. The van der Waals surface area contributed by atoms with Gasteiger partial charge in [0.15, 0.2) is 17.5 Å². The van der Waals surface area contributed by atoms with Crippen LogP contribution in [0.2, 0.25) is 0 Å². The highest BCUT2D eigenvalue weighted by Gasteiger charge is 2.19. The molecule has 0 spiro atoms. The van der Waals surface area contributed by atoms with Crippen molar-refractivity contribution in [3.8, 4) is 55.9 Å². The molecule has 0 aliphatic heterocycles. The van der Waals surface area contributed by atoms with Gasteiger partial charge in [-0.2, -0.15) is 0 Å². The van der Waals surface area contributed by atoms with Crippen molar-refractivity contribution in [1.82, 2.24) is 19.9 Å². The molecule has 0 fully saturated rings. The minimum atomic E-state index is 0.611. The van der Waals surface area contributed by atoms with E-state index in [2.05, 4.69) is 91.0 Å². The third kappa shape index (κ3) is 4.94. The summed E-state index contributed by atoms with van der Waals surface area (Å²) in [4.78, 5) is 20.3. The summed E-state index contributed by atoms with van der Waals surface area (Å²) >= 11 is 1.73. The molecule has 0 aliphatic rings. The molecule has 4 nitrogen and oxygen atoms in total. The molecule has 0 aliphatic carbocycles. The summed E-state index contributed by atoms with van der Waals surface area (Å²) in [5.74, 6) is 1.88. The van der Waals surface area contributed by atoms with Crippen LogP contribution >= 0.6 is 11.3 Å². The Kier molecular flexibility index (Phi) is 6.61. The molecule has 9 rings (SSSR count). The molecule has 2 aromatic heterocycles. The van der Waals surface area contributed by atoms with E-state index in [0.717, 1.165) is 48.6 Å². The Morgan fingerprint density at radius 3 is 1.51 bits per heavy atom. The zero-order valence-corrected chi connectivity index (χ0v) is 26.0. The fourth-order valence-corrected chi connectivity index (χ4v) is 7.36. The van der Waals surface area contributed by atoms with E-state index in [1.807, 2.05) is 66.7 Å². The van der Waals surface area contributed by atoms with Crippen LogP contribution in [0.1, 0.15) is 0 Å². The Morgan fingerprint density at radius 1 is 0.362 bits per heavy atom. The van der Waals surface area contributed by atoms with Gasteiger partial charge in [-0.15, -0.1) is 11.3 Å². The maximum absolute atomic E-state index is 5.21. The Bertz CT molecular complexity index is 2500. The standard InChI is InChI=1S/C42H26N4S/c1-4-14-27(15-5-1)39-44-40(28-16-6-2-7-17-28)46-41(45-39)31-25-36(38-37(26-31)43-42(47-38)29-18-8-3-9-19-29)35-24-30-20-10-11-21-32(30)33-22-12-13-23-34(33)35/h1-26H. The van der Waals surface area contributed by atoms with E-state index in [9.17, 15) is 0 Å². The van der Waals surface area contributed by atoms with Crippen molar-refractivity contribution < 1.29 is 0 Å². The van der Waals surface area contributed by atoms with Crippen LogP contribution in [0.4, 0.5) is 0 Å². The van der Waals surface area contributed by atoms with Crippen LogP contribution in [0.5, 0.6) is 0 Å². The lowest BCUT2D eigenvalue weighted by atomic mass is 9.92. The van der Waals surface area contributed by atoms with Crippen molar-refractivity contribution in [2.45, 2.75) is 0 Å². The Hall–Kier alpha value is -6.04. The molecule has 0 atom stereocenters. The molecule has 0 saturated carbocycles. The number of thiazole rings is 1. The second-order valence-corrected chi connectivity index (χ2v) is 12.5. The molecule has 5 heteroatoms. The van der Waals surface area contributed by atoms with Crippen LogP contribution in [0.15, 0.2) is 158 Å². The van der Waals surface area contributed by atoms with Crippen LogP contribution in [-0.4, -0.2) is 19.9 Å². The molecule has 7 aromatic carbocycles. The van der Waals surface area contributed by atoms with E-state index in [4.69, 9.17) is 19.9 Å². The van der Waals surface area contributed by atoms with Gasteiger partial charge in [0.05, 0.1) is 10.2 Å². The molecular formula is C42H26N4S. The van der Waals surface area contributed by atoms with Gasteiger partial charge in [-0.3, -0.25) is 0 Å². The van der Waals surface area contributed by atoms with E-state index in [1.165, 1.54) is 21.5 Å². The van der Waals surface area contributed by atoms with Gasteiger partial charge in [0.25, 0.3) is 0 Å². The molecule has 0 amide bonds. The molecule has 2 heterocycles. The molecule has 47 heavy (non-hydrogen) atoms. The van der Waals surface area contributed by atoms with Crippen molar-refractivity contribution >= 4 is 43.1 Å². The highest BCUT2D eigenvalue weighted by atomic mass is 32.1. The number of benzene rings is 7. The first kappa shape index (κ1) is 27.3. The van der Waals surface area contributed by atoms with E-state index < -0.39 is 0 Å². The predicted molar refractivity (Wildman–Crippen MR) is 195 cm³/mol. The number of hydrogen-bond donors (Lipinski definition) is 0. The van der Waals surface area contributed by atoms with Crippen molar-refractivity contribution in [1.29, 1.82) is 0 Å². The second kappa shape index (κ2) is 11.4. The fraction of sp³-hybridized carbons (Fsp3) is 0. The number of aromatic nitrogens is 4. The third-order valence-electron chi connectivity index (χ3n) is 8.53. The highest BCUT2D eigenvalue weighted by Crippen LogP contribution is 2.43. The number of fused-ring (bicyclic) bond motifs is 4. The zero-order chi connectivity index (χ0) is 31.2. The van der Waals surface area contributed by atoms with E-state index in [-0.39, 0.29) is 0 Å². The highest BCUT2D eigenvalue weighted by molar-refractivity contribution is 7.22. The lowest BCUT2D eigenvalue weighted by Crippen LogP contribution is -2.00. The number of nitrogens with zero attached hydrogens (tertiary/aromatic N) is 4. The fourth-order valence-electron chi connectivity index (χ4n) is 6.28. The van der Waals surface area contributed by atoms with Crippen molar-refractivity contribution in [3.63, 3.8) is 0 Å². The summed E-state index contributed by atoms with van der Waals surface area (Å²) < 4.78 is 1.13. The monoisotopic (exact) mass is 618 g/mol. The van der Waals surface area contributed by atoms with Crippen LogP contribution in [0.25, 0.3) is 87.6 Å². The molecule has 0 radical (unpaired) electrons. The third-order valence-corrected chi connectivity index (χ3v) is 9.68. The predicted octanol–water partition coefficient (Wildman–Crippen LogP) is 11.1. The average molecular weight is 619 g/mol. The quantitative estimate of drug-likeness (QED) is 0.180. The molecule has 0 bridgehead atoms. The van der Waals surface area contributed by atoms with E-state index in [0.29, 0.717) is 17.5 Å². The minimum absolute atomic E-state index is 0.611. The summed E-state index contributed by atoms with van der Waals surface area (Å²) in [6.45, 7) is 0. The van der Waals surface area contributed by atoms with Gasteiger partial charge in [0, 0.05) is 27.8 Å². The van der Waals surface area contributed by atoms with Crippen LogP contribution in [-0.2, 0) is 0 Å². The maximum atomic E-state index is 5.21. The van der Waals surface area contributed by atoms with Gasteiger partial charge in [0.1, 0.15) is 5.01 Å². The zero-order valence-electron chi connectivity index (χ0n) is 25.2. The van der Waals surface area contributed by atoms with E-state index >= 15 is 0 Å². The van der Waals surface area contributed by atoms with Crippen LogP contribution in [0.3, 0.4) is 0 Å². The maximum Gasteiger partial charge on any atom is 0.164 e. The van der Waals surface area contributed by atoms with Gasteiger partial charge in [-0.1, -0.05) is 140 Å². The minimum Gasteiger partial charge on any atom is -0.236 e. The molecule has 220 valence electrons. The first-order valence-electron chi connectivity index (χ1n) is 15.6.